The van der Waals surface area contributed by atoms with E-state index >= 15 is 0 Å². The number of benzene rings is 1. The molecular formula is C14H18N4OS. The van der Waals surface area contributed by atoms with E-state index in [9.17, 15) is 0 Å². The van der Waals surface area contributed by atoms with E-state index in [1.165, 1.54) is 11.3 Å². The topological polar surface area (TPSA) is 72.5 Å². The standard InChI is InChI=1S/C14H18N4OS/c1-4-19-11-5-9(2)12(10(3)6-11)7-16-18-14-17-13(15)8-20-14/h5-8H,4,15H2,1-3H3,(H,17,18). The normalized spacial score (nSPS) is 10.9. The molecule has 6 heteroatoms. The van der Waals surface area contributed by atoms with Gasteiger partial charge in [0, 0.05) is 10.9 Å². The SMILES string of the molecule is CCOc1cc(C)c(C=NNc2nc(N)cs2)c(C)c1. The number of nitrogens with zero attached hydrogens (tertiary/aromatic N) is 2. The minimum absolute atomic E-state index is 0.501. The van der Waals surface area contributed by atoms with Gasteiger partial charge in [0.1, 0.15) is 11.6 Å². The summed E-state index contributed by atoms with van der Waals surface area (Å²) in [5, 5.41) is 6.65. The Bertz CT molecular complexity index is 598. The highest BCUT2D eigenvalue weighted by Gasteiger charge is 2.04. The number of hydrogen-bond donors (Lipinski definition) is 2. The molecule has 0 saturated heterocycles. The molecule has 0 amide bonds. The summed E-state index contributed by atoms with van der Waals surface area (Å²) in [6.07, 6.45) is 1.79. The first-order valence-corrected chi connectivity index (χ1v) is 7.22. The highest BCUT2D eigenvalue weighted by atomic mass is 32.1. The number of aryl methyl sites for hydroxylation is 2. The van der Waals surface area contributed by atoms with Crippen molar-refractivity contribution in [2.24, 2.45) is 5.10 Å². The molecule has 0 radical (unpaired) electrons. The number of thiazole rings is 1. The van der Waals surface area contributed by atoms with Gasteiger partial charge in [0.05, 0.1) is 12.8 Å². The Kier molecular flexibility index (Phi) is 4.57. The number of rotatable bonds is 5. The van der Waals surface area contributed by atoms with Crippen molar-refractivity contribution in [3.63, 3.8) is 0 Å². The number of aromatic nitrogens is 1. The first kappa shape index (κ1) is 14.3. The number of nitrogens with two attached hydrogens (primary N) is 1. The van der Waals surface area contributed by atoms with Crippen LogP contribution < -0.4 is 15.9 Å². The average Bonchev–Trinajstić information content (AvgIpc) is 2.79. The van der Waals surface area contributed by atoms with Gasteiger partial charge in [0.2, 0.25) is 5.13 Å². The molecule has 0 saturated carbocycles. The van der Waals surface area contributed by atoms with Crippen LogP contribution in [0.3, 0.4) is 0 Å². The molecule has 1 heterocycles. The van der Waals surface area contributed by atoms with Crippen molar-refractivity contribution >= 4 is 28.5 Å². The molecule has 0 aliphatic heterocycles. The Labute approximate surface area is 122 Å². The molecule has 2 aromatic rings. The van der Waals surface area contributed by atoms with Crippen LogP contribution in [0.4, 0.5) is 10.9 Å². The van der Waals surface area contributed by atoms with E-state index < -0.39 is 0 Å². The van der Waals surface area contributed by atoms with Crippen LogP contribution in [0.5, 0.6) is 5.75 Å². The van der Waals surface area contributed by atoms with Gasteiger partial charge in [-0.2, -0.15) is 5.10 Å². The van der Waals surface area contributed by atoms with Crippen LogP contribution in [-0.4, -0.2) is 17.8 Å². The van der Waals surface area contributed by atoms with Crippen LogP contribution in [0, 0.1) is 13.8 Å². The van der Waals surface area contributed by atoms with Crippen molar-refractivity contribution in [2.75, 3.05) is 17.8 Å². The van der Waals surface area contributed by atoms with Gasteiger partial charge < -0.3 is 10.5 Å². The van der Waals surface area contributed by atoms with Crippen LogP contribution in [0.1, 0.15) is 23.6 Å². The summed E-state index contributed by atoms with van der Waals surface area (Å²) >= 11 is 1.42. The third-order valence-electron chi connectivity index (χ3n) is 2.75. The molecule has 0 aliphatic carbocycles. The van der Waals surface area contributed by atoms with Crippen molar-refractivity contribution in [3.05, 3.63) is 34.2 Å². The monoisotopic (exact) mass is 290 g/mol. The van der Waals surface area contributed by atoms with Gasteiger partial charge >= 0.3 is 0 Å². The molecule has 5 nitrogen and oxygen atoms in total. The lowest BCUT2D eigenvalue weighted by Gasteiger charge is -2.09. The summed E-state index contributed by atoms with van der Waals surface area (Å²) in [6, 6.07) is 4.03. The molecule has 106 valence electrons. The Hall–Kier alpha value is -2.08. The molecule has 0 spiro atoms. The van der Waals surface area contributed by atoms with E-state index in [-0.39, 0.29) is 0 Å². The molecule has 0 unspecified atom stereocenters. The second kappa shape index (κ2) is 6.38. The fourth-order valence-corrected chi connectivity index (χ4v) is 2.43. The molecule has 1 aromatic heterocycles. The number of nitrogens with one attached hydrogen (secondary N) is 1. The van der Waals surface area contributed by atoms with Crippen molar-refractivity contribution in [1.29, 1.82) is 0 Å². The van der Waals surface area contributed by atoms with E-state index in [1.807, 2.05) is 32.9 Å². The van der Waals surface area contributed by atoms with Gasteiger partial charge in [-0.3, -0.25) is 5.43 Å². The van der Waals surface area contributed by atoms with E-state index in [1.54, 1.807) is 11.6 Å². The summed E-state index contributed by atoms with van der Waals surface area (Å²) in [4.78, 5) is 4.08. The van der Waals surface area contributed by atoms with Gasteiger partial charge in [-0.05, 0) is 44.0 Å². The highest BCUT2D eigenvalue weighted by molar-refractivity contribution is 7.14. The minimum Gasteiger partial charge on any atom is -0.494 e. The quantitative estimate of drug-likeness (QED) is 0.655. The molecule has 1 aromatic carbocycles. The van der Waals surface area contributed by atoms with Gasteiger partial charge in [0.25, 0.3) is 0 Å². The zero-order valence-electron chi connectivity index (χ0n) is 11.8. The first-order valence-electron chi connectivity index (χ1n) is 6.34. The fourth-order valence-electron chi connectivity index (χ4n) is 1.88. The zero-order chi connectivity index (χ0) is 14.5. The third-order valence-corrected chi connectivity index (χ3v) is 3.52. The van der Waals surface area contributed by atoms with Crippen LogP contribution in [0.25, 0.3) is 0 Å². The Morgan fingerprint density at radius 1 is 1.40 bits per heavy atom. The second-order valence-corrected chi connectivity index (χ2v) is 5.21. The molecular weight excluding hydrogens is 272 g/mol. The smallest absolute Gasteiger partial charge is 0.205 e. The lowest BCUT2D eigenvalue weighted by Crippen LogP contribution is -1.98. The van der Waals surface area contributed by atoms with Crippen LogP contribution in [0.15, 0.2) is 22.6 Å². The van der Waals surface area contributed by atoms with Crippen LogP contribution >= 0.6 is 11.3 Å². The fraction of sp³-hybridized carbons (Fsp3) is 0.286. The maximum Gasteiger partial charge on any atom is 0.205 e. The first-order chi connectivity index (χ1) is 9.60. The van der Waals surface area contributed by atoms with E-state index in [2.05, 4.69) is 15.5 Å². The second-order valence-electron chi connectivity index (χ2n) is 4.35. The number of nitrogen functional groups attached to an aromatic ring is 1. The summed E-state index contributed by atoms with van der Waals surface area (Å²) < 4.78 is 5.52. The van der Waals surface area contributed by atoms with Crippen LogP contribution in [-0.2, 0) is 0 Å². The maximum atomic E-state index is 5.55. The molecule has 0 bridgehead atoms. The number of hydrazone groups is 1. The lowest BCUT2D eigenvalue weighted by molar-refractivity contribution is 0.340. The molecule has 2 rings (SSSR count). The molecule has 0 fully saturated rings. The average molecular weight is 290 g/mol. The summed E-state index contributed by atoms with van der Waals surface area (Å²) in [5.74, 6) is 1.39. The Morgan fingerprint density at radius 2 is 2.10 bits per heavy atom. The third kappa shape index (κ3) is 3.48. The van der Waals surface area contributed by atoms with Crippen molar-refractivity contribution in [2.45, 2.75) is 20.8 Å². The van der Waals surface area contributed by atoms with Gasteiger partial charge in [-0.15, -0.1) is 11.3 Å². The zero-order valence-corrected chi connectivity index (χ0v) is 12.6. The highest BCUT2D eigenvalue weighted by Crippen LogP contribution is 2.21. The minimum atomic E-state index is 0.501. The number of hydrogen-bond acceptors (Lipinski definition) is 6. The Morgan fingerprint density at radius 3 is 2.65 bits per heavy atom. The molecule has 20 heavy (non-hydrogen) atoms. The molecule has 0 atom stereocenters. The number of ether oxygens (including phenoxy) is 1. The predicted molar refractivity (Wildman–Crippen MR) is 84.8 cm³/mol. The van der Waals surface area contributed by atoms with E-state index in [0.29, 0.717) is 17.6 Å². The molecule has 3 N–H and O–H groups in total. The Balaban J connectivity index is 2.12. The van der Waals surface area contributed by atoms with E-state index in [4.69, 9.17) is 10.5 Å². The van der Waals surface area contributed by atoms with Crippen molar-refractivity contribution in [1.82, 2.24) is 4.98 Å². The van der Waals surface area contributed by atoms with Crippen molar-refractivity contribution < 1.29 is 4.74 Å². The summed E-state index contributed by atoms with van der Waals surface area (Å²) in [7, 11) is 0. The van der Waals surface area contributed by atoms with Gasteiger partial charge in [-0.25, -0.2) is 4.98 Å². The van der Waals surface area contributed by atoms with Gasteiger partial charge in [0.15, 0.2) is 0 Å². The molecule has 0 aliphatic rings. The maximum absolute atomic E-state index is 5.55. The lowest BCUT2D eigenvalue weighted by atomic mass is 10.0. The van der Waals surface area contributed by atoms with E-state index in [0.717, 1.165) is 22.4 Å². The van der Waals surface area contributed by atoms with Gasteiger partial charge in [-0.1, -0.05) is 0 Å². The van der Waals surface area contributed by atoms with Crippen molar-refractivity contribution in [3.8, 4) is 5.75 Å². The summed E-state index contributed by atoms with van der Waals surface area (Å²) in [5.41, 5.74) is 11.7. The van der Waals surface area contributed by atoms with Crippen LogP contribution in [0.2, 0.25) is 0 Å². The number of anilines is 2. The predicted octanol–water partition coefficient (Wildman–Crippen LogP) is 3.19. The largest absolute Gasteiger partial charge is 0.494 e. The summed E-state index contributed by atoms with van der Waals surface area (Å²) in [6.45, 7) is 6.72.